The van der Waals surface area contributed by atoms with E-state index in [-0.39, 0.29) is 26.7 Å². The summed E-state index contributed by atoms with van der Waals surface area (Å²) in [5.74, 6) is -0.470. The Morgan fingerprint density at radius 3 is 2.29 bits per heavy atom. The summed E-state index contributed by atoms with van der Waals surface area (Å²) in [5, 5.41) is 4.61. The van der Waals surface area contributed by atoms with Gasteiger partial charge in [-0.05, 0) is 25.3 Å². The SMILES string of the molecule is CN(C(=O)c1c(Cl)c(Cl)cc(S(N)(=O)=O)c1Cl)C1CCC1. The van der Waals surface area contributed by atoms with Gasteiger partial charge in [0.25, 0.3) is 5.91 Å². The lowest BCUT2D eigenvalue weighted by atomic mass is 9.91. The fourth-order valence-corrected chi connectivity index (χ4v) is 3.82. The van der Waals surface area contributed by atoms with Crippen LogP contribution in [0.2, 0.25) is 15.1 Å². The number of nitrogens with zero attached hydrogens (tertiary/aromatic N) is 1. The topological polar surface area (TPSA) is 80.5 Å². The van der Waals surface area contributed by atoms with Gasteiger partial charge in [-0.1, -0.05) is 34.8 Å². The van der Waals surface area contributed by atoms with Gasteiger partial charge in [-0.2, -0.15) is 0 Å². The van der Waals surface area contributed by atoms with Gasteiger partial charge in [0.1, 0.15) is 4.90 Å². The number of carbonyl (C=O) groups excluding carboxylic acids is 1. The Morgan fingerprint density at radius 2 is 1.86 bits per heavy atom. The minimum absolute atomic E-state index is 0.0785. The third-order valence-electron chi connectivity index (χ3n) is 3.59. The van der Waals surface area contributed by atoms with E-state index in [1.807, 2.05) is 0 Å². The van der Waals surface area contributed by atoms with Crippen LogP contribution in [0.25, 0.3) is 0 Å². The summed E-state index contributed by atoms with van der Waals surface area (Å²) in [4.78, 5) is 13.6. The largest absolute Gasteiger partial charge is 0.339 e. The normalized spacial score (nSPS) is 15.7. The van der Waals surface area contributed by atoms with Gasteiger partial charge < -0.3 is 4.90 Å². The molecular weight excluding hydrogens is 359 g/mol. The predicted molar refractivity (Wildman–Crippen MR) is 82.6 cm³/mol. The van der Waals surface area contributed by atoms with Gasteiger partial charge in [0.15, 0.2) is 0 Å². The summed E-state index contributed by atoms with van der Waals surface area (Å²) in [6, 6.07) is 1.14. The Balaban J connectivity index is 2.57. The molecule has 0 aromatic heterocycles. The predicted octanol–water partition coefficient (Wildman–Crippen LogP) is 2.92. The number of amides is 1. The van der Waals surface area contributed by atoms with Crippen molar-refractivity contribution in [1.82, 2.24) is 4.90 Å². The number of halogens is 3. The lowest BCUT2D eigenvalue weighted by molar-refractivity contribution is 0.0652. The highest BCUT2D eigenvalue weighted by molar-refractivity contribution is 7.89. The molecule has 21 heavy (non-hydrogen) atoms. The molecule has 5 nitrogen and oxygen atoms in total. The molecule has 0 aliphatic heterocycles. The number of hydrogen-bond acceptors (Lipinski definition) is 3. The van der Waals surface area contributed by atoms with Crippen molar-refractivity contribution in [2.75, 3.05) is 7.05 Å². The van der Waals surface area contributed by atoms with Gasteiger partial charge in [-0.15, -0.1) is 0 Å². The standard InChI is InChI=1S/C12H13Cl3N2O3S/c1-17(6-3-2-4-6)12(18)9-10(14)7(13)5-8(11(9)15)21(16,19)20/h5-6H,2-4H2,1H3,(H2,16,19,20). The first-order valence-corrected chi connectivity index (χ1v) is 8.80. The van der Waals surface area contributed by atoms with Crippen LogP contribution in [-0.4, -0.2) is 32.3 Å². The van der Waals surface area contributed by atoms with Crippen LogP contribution in [-0.2, 0) is 10.0 Å². The molecule has 1 aromatic carbocycles. The molecule has 116 valence electrons. The highest BCUT2D eigenvalue weighted by atomic mass is 35.5. The summed E-state index contributed by atoms with van der Waals surface area (Å²) < 4.78 is 23.1. The van der Waals surface area contributed by atoms with E-state index in [1.54, 1.807) is 7.05 Å². The second-order valence-corrected chi connectivity index (χ2v) is 7.60. The maximum absolute atomic E-state index is 12.5. The zero-order valence-electron chi connectivity index (χ0n) is 11.1. The molecule has 0 radical (unpaired) electrons. The van der Waals surface area contributed by atoms with E-state index in [9.17, 15) is 13.2 Å². The van der Waals surface area contributed by atoms with Crippen LogP contribution in [0.15, 0.2) is 11.0 Å². The van der Waals surface area contributed by atoms with Gasteiger partial charge in [0, 0.05) is 13.1 Å². The van der Waals surface area contributed by atoms with Gasteiger partial charge >= 0.3 is 0 Å². The summed E-state index contributed by atoms with van der Waals surface area (Å²) in [6.07, 6.45) is 2.82. The van der Waals surface area contributed by atoms with Crippen molar-refractivity contribution in [2.24, 2.45) is 5.14 Å². The first-order chi connectivity index (χ1) is 9.64. The number of nitrogens with two attached hydrogens (primary N) is 1. The molecule has 1 saturated carbocycles. The molecule has 2 rings (SSSR count). The summed E-state index contributed by atoms with van der Waals surface area (Å²) in [6.45, 7) is 0. The van der Waals surface area contributed by atoms with Crippen molar-refractivity contribution in [3.63, 3.8) is 0 Å². The van der Waals surface area contributed by atoms with Crippen molar-refractivity contribution in [1.29, 1.82) is 0 Å². The Kier molecular flexibility index (Phi) is 4.75. The lowest BCUT2D eigenvalue weighted by Gasteiger charge is -2.35. The number of hydrogen-bond donors (Lipinski definition) is 1. The van der Waals surface area contributed by atoms with Crippen LogP contribution >= 0.6 is 34.8 Å². The van der Waals surface area contributed by atoms with Crippen LogP contribution in [0, 0.1) is 0 Å². The Labute approximate surface area is 138 Å². The minimum atomic E-state index is -4.11. The van der Waals surface area contributed by atoms with Gasteiger partial charge in [0.2, 0.25) is 10.0 Å². The third kappa shape index (κ3) is 3.14. The van der Waals surface area contributed by atoms with E-state index in [0.717, 1.165) is 25.3 Å². The molecule has 0 unspecified atom stereocenters. The molecule has 2 N–H and O–H groups in total. The van der Waals surface area contributed by atoms with E-state index < -0.39 is 20.8 Å². The quantitative estimate of drug-likeness (QED) is 0.830. The molecule has 0 saturated heterocycles. The Morgan fingerprint density at radius 1 is 1.29 bits per heavy atom. The van der Waals surface area contributed by atoms with Crippen molar-refractivity contribution >= 4 is 50.7 Å². The highest BCUT2D eigenvalue weighted by Gasteiger charge is 2.31. The summed E-state index contributed by atoms with van der Waals surface area (Å²) in [7, 11) is -2.49. The molecular formula is C12H13Cl3N2O3S. The van der Waals surface area contributed by atoms with Gasteiger partial charge in [-0.3, -0.25) is 4.79 Å². The first-order valence-electron chi connectivity index (χ1n) is 6.12. The highest BCUT2D eigenvalue weighted by Crippen LogP contribution is 2.38. The molecule has 1 aliphatic carbocycles. The number of carbonyl (C=O) groups is 1. The third-order valence-corrected chi connectivity index (χ3v) is 5.81. The van der Waals surface area contributed by atoms with Gasteiger partial charge in [0.05, 0.1) is 20.6 Å². The lowest BCUT2D eigenvalue weighted by Crippen LogP contribution is -2.41. The van der Waals surface area contributed by atoms with E-state index in [4.69, 9.17) is 39.9 Å². The summed E-state index contributed by atoms with van der Waals surface area (Å²) in [5.41, 5.74) is -0.135. The van der Waals surface area contributed by atoms with Gasteiger partial charge in [-0.25, -0.2) is 13.6 Å². The van der Waals surface area contributed by atoms with E-state index >= 15 is 0 Å². The smallest absolute Gasteiger partial charge is 0.256 e. The number of rotatable bonds is 3. The molecule has 0 heterocycles. The van der Waals surface area contributed by atoms with Crippen LogP contribution in [0.1, 0.15) is 29.6 Å². The molecule has 1 aliphatic rings. The molecule has 9 heteroatoms. The Hall–Kier alpha value is -0.530. The zero-order valence-corrected chi connectivity index (χ0v) is 14.2. The first kappa shape index (κ1) is 16.8. The second-order valence-electron chi connectivity index (χ2n) is 4.91. The Bertz CT molecular complexity index is 702. The second kappa shape index (κ2) is 5.93. The van der Waals surface area contributed by atoms with Crippen LogP contribution < -0.4 is 5.14 Å². The molecule has 0 spiro atoms. The van der Waals surface area contributed by atoms with E-state index in [2.05, 4.69) is 0 Å². The number of benzene rings is 1. The van der Waals surface area contributed by atoms with Crippen molar-refractivity contribution in [3.05, 3.63) is 26.7 Å². The monoisotopic (exact) mass is 370 g/mol. The maximum atomic E-state index is 12.5. The van der Waals surface area contributed by atoms with E-state index in [1.165, 1.54) is 4.90 Å². The summed E-state index contributed by atoms with van der Waals surface area (Å²) >= 11 is 17.9. The van der Waals surface area contributed by atoms with E-state index in [0.29, 0.717) is 0 Å². The van der Waals surface area contributed by atoms with Crippen molar-refractivity contribution in [3.8, 4) is 0 Å². The fraction of sp³-hybridized carbons (Fsp3) is 0.417. The molecule has 1 aromatic rings. The maximum Gasteiger partial charge on any atom is 0.256 e. The number of primary sulfonamides is 1. The van der Waals surface area contributed by atoms with Crippen molar-refractivity contribution < 1.29 is 13.2 Å². The molecule has 0 bridgehead atoms. The molecule has 0 atom stereocenters. The average molecular weight is 372 g/mol. The van der Waals surface area contributed by atoms with Crippen LogP contribution in [0.4, 0.5) is 0 Å². The zero-order chi connectivity index (χ0) is 15.9. The fourth-order valence-electron chi connectivity index (χ4n) is 2.09. The van der Waals surface area contributed by atoms with Crippen molar-refractivity contribution in [2.45, 2.75) is 30.2 Å². The number of sulfonamides is 1. The molecule has 1 amide bonds. The minimum Gasteiger partial charge on any atom is -0.339 e. The molecule has 1 fully saturated rings. The average Bonchev–Trinajstić information content (AvgIpc) is 2.30. The van der Waals surface area contributed by atoms with Crippen LogP contribution in [0.3, 0.4) is 0 Å². The van der Waals surface area contributed by atoms with Crippen LogP contribution in [0.5, 0.6) is 0 Å².